The van der Waals surface area contributed by atoms with Crippen molar-refractivity contribution < 1.29 is 13.2 Å². The Morgan fingerprint density at radius 2 is 2.27 bits per heavy atom. The van der Waals surface area contributed by atoms with Gasteiger partial charge in [0.05, 0.1) is 18.1 Å². The first-order valence-electron chi connectivity index (χ1n) is 5.52. The number of hydrogen-bond acceptors (Lipinski definition) is 4. The molecule has 1 fully saturated rings. The largest absolute Gasteiger partial charge is 0.383 e. The van der Waals surface area contributed by atoms with Crippen molar-refractivity contribution in [3.8, 4) is 0 Å². The summed E-state index contributed by atoms with van der Waals surface area (Å²) in [4.78, 5) is 0. The number of sulfone groups is 1. The van der Waals surface area contributed by atoms with Crippen molar-refractivity contribution >= 4 is 9.84 Å². The Morgan fingerprint density at radius 1 is 1.53 bits per heavy atom. The number of nitrogens with one attached hydrogen (secondary N) is 1. The van der Waals surface area contributed by atoms with Gasteiger partial charge in [-0.15, -0.1) is 0 Å². The molecule has 2 atom stereocenters. The van der Waals surface area contributed by atoms with Crippen LogP contribution in [0.1, 0.15) is 19.8 Å². The Hall–Kier alpha value is -0.130. The van der Waals surface area contributed by atoms with Crippen LogP contribution in [0, 0.1) is 5.92 Å². The van der Waals surface area contributed by atoms with E-state index in [9.17, 15) is 8.42 Å². The third-order valence-electron chi connectivity index (χ3n) is 2.84. The molecule has 0 aromatic rings. The number of methoxy groups -OCH3 is 1. The van der Waals surface area contributed by atoms with Gasteiger partial charge in [-0.1, -0.05) is 6.92 Å². The lowest BCUT2D eigenvalue weighted by Crippen LogP contribution is -2.40. The summed E-state index contributed by atoms with van der Waals surface area (Å²) in [5.41, 5.74) is 0. The van der Waals surface area contributed by atoms with Gasteiger partial charge in [0.25, 0.3) is 0 Å². The van der Waals surface area contributed by atoms with Crippen LogP contribution in [-0.4, -0.2) is 46.2 Å². The van der Waals surface area contributed by atoms with Gasteiger partial charge in [-0.25, -0.2) is 8.42 Å². The summed E-state index contributed by atoms with van der Waals surface area (Å²) < 4.78 is 27.8. The summed E-state index contributed by atoms with van der Waals surface area (Å²) in [5, 5.41) is 3.36. The Kier molecular flexibility index (Phi) is 5.02. The van der Waals surface area contributed by atoms with Gasteiger partial charge in [0.15, 0.2) is 9.84 Å². The van der Waals surface area contributed by atoms with Crippen LogP contribution in [0.2, 0.25) is 0 Å². The first-order chi connectivity index (χ1) is 7.09. The van der Waals surface area contributed by atoms with Crippen molar-refractivity contribution in [1.82, 2.24) is 5.32 Å². The zero-order valence-electron chi connectivity index (χ0n) is 9.53. The SMILES string of the molecule is CCCNC(COC)C1CCS(=O)(=O)C1. The van der Waals surface area contributed by atoms with Gasteiger partial charge < -0.3 is 10.1 Å². The summed E-state index contributed by atoms with van der Waals surface area (Å²) in [5.74, 6) is 0.880. The van der Waals surface area contributed by atoms with Gasteiger partial charge in [0.1, 0.15) is 0 Å². The third kappa shape index (κ3) is 4.09. The molecule has 1 aliphatic rings. The van der Waals surface area contributed by atoms with Crippen molar-refractivity contribution in [2.45, 2.75) is 25.8 Å². The highest BCUT2D eigenvalue weighted by Gasteiger charge is 2.33. The summed E-state index contributed by atoms with van der Waals surface area (Å²) in [6.07, 6.45) is 1.83. The van der Waals surface area contributed by atoms with Crippen LogP contribution in [0.5, 0.6) is 0 Å². The van der Waals surface area contributed by atoms with Crippen LogP contribution in [0.3, 0.4) is 0 Å². The molecule has 5 heteroatoms. The van der Waals surface area contributed by atoms with Crippen molar-refractivity contribution in [3.63, 3.8) is 0 Å². The van der Waals surface area contributed by atoms with E-state index >= 15 is 0 Å². The zero-order chi connectivity index (χ0) is 11.3. The van der Waals surface area contributed by atoms with E-state index in [0.717, 1.165) is 19.4 Å². The average Bonchev–Trinajstić information content (AvgIpc) is 2.53. The van der Waals surface area contributed by atoms with Crippen LogP contribution in [-0.2, 0) is 14.6 Å². The van der Waals surface area contributed by atoms with Crippen molar-refractivity contribution in [2.75, 3.05) is 31.8 Å². The predicted molar refractivity (Wildman–Crippen MR) is 60.7 cm³/mol. The quantitative estimate of drug-likeness (QED) is 0.725. The highest BCUT2D eigenvalue weighted by atomic mass is 32.2. The van der Waals surface area contributed by atoms with E-state index in [-0.39, 0.29) is 12.0 Å². The average molecular weight is 235 g/mol. The molecule has 15 heavy (non-hydrogen) atoms. The lowest BCUT2D eigenvalue weighted by atomic mass is 10.00. The van der Waals surface area contributed by atoms with Gasteiger partial charge in [-0.2, -0.15) is 0 Å². The first kappa shape index (κ1) is 12.9. The van der Waals surface area contributed by atoms with Crippen LogP contribution in [0.4, 0.5) is 0 Å². The smallest absolute Gasteiger partial charge is 0.150 e. The van der Waals surface area contributed by atoms with Crippen LogP contribution >= 0.6 is 0 Å². The molecule has 2 unspecified atom stereocenters. The van der Waals surface area contributed by atoms with Crippen molar-refractivity contribution in [1.29, 1.82) is 0 Å². The molecule has 4 nitrogen and oxygen atoms in total. The van der Waals surface area contributed by atoms with Gasteiger partial charge in [0, 0.05) is 13.2 Å². The second-order valence-electron chi connectivity index (χ2n) is 4.18. The molecule has 0 bridgehead atoms. The molecule has 1 rings (SSSR count). The highest BCUT2D eigenvalue weighted by Crippen LogP contribution is 2.22. The molecule has 90 valence electrons. The van der Waals surface area contributed by atoms with Crippen molar-refractivity contribution in [2.24, 2.45) is 5.92 Å². The first-order valence-corrected chi connectivity index (χ1v) is 7.34. The molecular formula is C10H21NO3S. The number of ether oxygens (including phenoxy) is 1. The van der Waals surface area contributed by atoms with Crippen LogP contribution in [0.15, 0.2) is 0 Å². The zero-order valence-corrected chi connectivity index (χ0v) is 10.3. The summed E-state index contributed by atoms with van der Waals surface area (Å²) in [7, 11) is -1.12. The fraction of sp³-hybridized carbons (Fsp3) is 1.00. The van der Waals surface area contributed by atoms with E-state index in [1.165, 1.54) is 0 Å². The van der Waals surface area contributed by atoms with E-state index in [2.05, 4.69) is 12.2 Å². The summed E-state index contributed by atoms with van der Waals surface area (Å²) in [6.45, 7) is 3.62. The standard InChI is InChI=1S/C10H21NO3S/c1-3-5-11-10(7-14-2)9-4-6-15(12,13)8-9/h9-11H,3-8H2,1-2H3. The Bertz CT molecular complexity index is 276. The van der Waals surface area contributed by atoms with Crippen molar-refractivity contribution in [3.05, 3.63) is 0 Å². The summed E-state index contributed by atoms with van der Waals surface area (Å²) >= 11 is 0. The highest BCUT2D eigenvalue weighted by molar-refractivity contribution is 7.91. The molecule has 0 aliphatic carbocycles. The fourth-order valence-corrected chi connectivity index (χ4v) is 3.89. The normalized spacial score (nSPS) is 26.7. The maximum atomic E-state index is 11.4. The van der Waals surface area contributed by atoms with E-state index < -0.39 is 9.84 Å². The molecule has 0 amide bonds. The number of rotatable bonds is 6. The van der Waals surface area contributed by atoms with E-state index in [1.54, 1.807) is 7.11 Å². The van der Waals surface area contributed by atoms with Gasteiger partial charge in [-0.3, -0.25) is 0 Å². The molecule has 1 N–H and O–H groups in total. The molecule has 1 aliphatic heterocycles. The minimum atomic E-state index is -2.78. The molecule has 0 aromatic heterocycles. The Balaban J connectivity index is 2.49. The summed E-state index contributed by atoms with van der Waals surface area (Å²) in [6, 6.07) is 0.187. The molecular weight excluding hydrogens is 214 g/mol. The molecule has 0 aromatic carbocycles. The second kappa shape index (κ2) is 5.82. The predicted octanol–water partition coefficient (Wildman–Crippen LogP) is 0.436. The fourth-order valence-electron chi connectivity index (χ4n) is 2.01. The van der Waals surface area contributed by atoms with Gasteiger partial charge in [-0.05, 0) is 25.3 Å². The van der Waals surface area contributed by atoms with E-state index in [4.69, 9.17) is 4.74 Å². The topological polar surface area (TPSA) is 55.4 Å². The van der Waals surface area contributed by atoms with E-state index in [0.29, 0.717) is 18.1 Å². The van der Waals surface area contributed by atoms with Crippen LogP contribution in [0.25, 0.3) is 0 Å². The molecule has 0 saturated carbocycles. The van der Waals surface area contributed by atoms with Gasteiger partial charge in [0.2, 0.25) is 0 Å². The Labute approximate surface area is 92.3 Å². The van der Waals surface area contributed by atoms with Gasteiger partial charge >= 0.3 is 0 Å². The third-order valence-corrected chi connectivity index (χ3v) is 4.63. The monoisotopic (exact) mass is 235 g/mol. The Morgan fingerprint density at radius 3 is 2.73 bits per heavy atom. The molecule has 1 heterocycles. The molecule has 0 spiro atoms. The van der Waals surface area contributed by atoms with Crippen LogP contribution < -0.4 is 5.32 Å². The minimum absolute atomic E-state index is 0.187. The lowest BCUT2D eigenvalue weighted by Gasteiger charge is -2.22. The molecule has 0 radical (unpaired) electrons. The second-order valence-corrected chi connectivity index (χ2v) is 6.41. The number of hydrogen-bond donors (Lipinski definition) is 1. The minimum Gasteiger partial charge on any atom is -0.383 e. The molecule has 1 saturated heterocycles. The maximum absolute atomic E-state index is 11.4. The lowest BCUT2D eigenvalue weighted by molar-refractivity contribution is 0.145. The van der Waals surface area contributed by atoms with E-state index in [1.807, 2.05) is 0 Å². The maximum Gasteiger partial charge on any atom is 0.150 e.